The lowest BCUT2D eigenvalue weighted by Gasteiger charge is -2.26. The lowest BCUT2D eigenvalue weighted by Crippen LogP contribution is -2.45. The summed E-state index contributed by atoms with van der Waals surface area (Å²) < 4.78 is 4.88. The summed E-state index contributed by atoms with van der Waals surface area (Å²) in [6, 6.07) is 1.37. The predicted octanol–water partition coefficient (Wildman–Crippen LogP) is 1.97. The van der Waals surface area contributed by atoms with Gasteiger partial charge in [0.25, 0.3) is 0 Å². The number of amides is 2. The molecule has 0 saturated carbocycles. The molecular weight excluding hydrogens is 248 g/mol. The first kappa shape index (κ1) is 15.1. The zero-order chi connectivity index (χ0) is 14.3. The summed E-state index contributed by atoms with van der Waals surface area (Å²) in [5.41, 5.74) is -0.0434. The van der Waals surface area contributed by atoms with E-state index in [1.54, 1.807) is 12.3 Å². The molecule has 2 amide bonds. The lowest BCUT2D eigenvalue weighted by atomic mass is 9.82. The zero-order valence-corrected chi connectivity index (χ0v) is 11.2. The molecule has 19 heavy (non-hydrogen) atoms. The SMILES string of the molecule is CCC(CC)(CNC(=O)NCc1ccoc1)C(=O)O. The van der Waals surface area contributed by atoms with Crippen molar-refractivity contribution in [3.05, 3.63) is 24.2 Å². The Hall–Kier alpha value is -1.98. The van der Waals surface area contributed by atoms with Crippen molar-refractivity contribution in [2.45, 2.75) is 33.2 Å². The summed E-state index contributed by atoms with van der Waals surface area (Å²) in [5, 5.41) is 14.5. The van der Waals surface area contributed by atoms with Crippen molar-refractivity contribution >= 4 is 12.0 Å². The molecule has 106 valence electrons. The second kappa shape index (κ2) is 6.82. The van der Waals surface area contributed by atoms with Crippen LogP contribution in [0.1, 0.15) is 32.3 Å². The van der Waals surface area contributed by atoms with Gasteiger partial charge in [-0.1, -0.05) is 13.8 Å². The van der Waals surface area contributed by atoms with Crippen LogP contribution in [-0.2, 0) is 11.3 Å². The fourth-order valence-electron chi connectivity index (χ4n) is 1.77. The Morgan fingerprint density at radius 1 is 1.32 bits per heavy atom. The number of urea groups is 1. The van der Waals surface area contributed by atoms with Crippen LogP contribution in [-0.4, -0.2) is 23.7 Å². The smallest absolute Gasteiger partial charge is 0.315 e. The van der Waals surface area contributed by atoms with Crippen LogP contribution < -0.4 is 10.6 Å². The molecule has 6 nitrogen and oxygen atoms in total. The number of aliphatic carboxylic acids is 1. The van der Waals surface area contributed by atoms with Gasteiger partial charge in [0.1, 0.15) is 0 Å². The molecule has 0 fully saturated rings. The number of carboxylic acid groups (broad SMARTS) is 1. The van der Waals surface area contributed by atoms with Gasteiger partial charge < -0.3 is 20.2 Å². The maximum atomic E-state index is 11.6. The Kier molecular flexibility index (Phi) is 5.41. The van der Waals surface area contributed by atoms with Gasteiger partial charge in [0, 0.05) is 18.7 Å². The second-order valence-electron chi connectivity index (χ2n) is 4.46. The quantitative estimate of drug-likeness (QED) is 0.705. The van der Waals surface area contributed by atoms with Crippen LogP contribution in [0.5, 0.6) is 0 Å². The molecule has 0 aromatic carbocycles. The van der Waals surface area contributed by atoms with E-state index in [4.69, 9.17) is 4.42 Å². The van der Waals surface area contributed by atoms with Crippen molar-refractivity contribution in [3.63, 3.8) is 0 Å². The van der Waals surface area contributed by atoms with E-state index in [1.165, 1.54) is 6.26 Å². The molecule has 3 N–H and O–H groups in total. The Balaban J connectivity index is 2.42. The van der Waals surface area contributed by atoms with E-state index >= 15 is 0 Å². The van der Waals surface area contributed by atoms with Gasteiger partial charge in [-0.15, -0.1) is 0 Å². The number of hydrogen-bond donors (Lipinski definition) is 3. The molecule has 0 spiro atoms. The number of carbonyl (C=O) groups is 2. The average Bonchev–Trinajstić information content (AvgIpc) is 2.91. The molecule has 1 aromatic rings. The van der Waals surface area contributed by atoms with Crippen LogP contribution in [0.15, 0.2) is 23.0 Å². The van der Waals surface area contributed by atoms with Gasteiger partial charge in [0.2, 0.25) is 0 Å². The minimum atomic E-state index is -0.896. The lowest BCUT2D eigenvalue weighted by molar-refractivity contribution is -0.149. The molecule has 0 atom stereocenters. The van der Waals surface area contributed by atoms with Crippen molar-refractivity contribution in [2.24, 2.45) is 5.41 Å². The third kappa shape index (κ3) is 4.01. The minimum Gasteiger partial charge on any atom is -0.481 e. The summed E-state index contributed by atoms with van der Waals surface area (Å²) in [6.07, 6.45) is 4.01. The zero-order valence-electron chi connectivity index (χ0n) is 11.2. The second-order valence-corrected chi connectivity index (χ2v) is 4.46. The van der Waals surface area contributed by atoms with Crippen molar-refractivity contribution in [1.29, 1.82) is 0 Å². The summed E-state index contributed by atoms with van der Waals surface area (Å²) in [7, 11) is 0. The molecule has 0 aliphatic heterocycles. The van der Waals surface area contributed by atoms with Gasteiger partial charge in [0.05, 0.1) is 17.9 Å². The molecule has 1 heterocycles. The molecular formula is C13H20N2O4. The van der Waals surface area contributed by atoms with E-state index in [-0.39, 0.29) is 12.6 Å². The maximum Gasteiger partial charge on any atom is 0.315 e. The van der Waals surface area contributed by atoms with Crippen LogP contribution in [0.4, 0.5) is 4.79 Å². The highest BCUT2D eigenvalue weighted by molar-refractivity contribution is 5.78. The number of carboxylic acids is 1. The number of carbonyl (C=O) groups excluding carboxylic acids is 1. The topological polar surface area (TPSA) is 91.6 Å². The molecule has 0 saturated heterocycles. The van der Waals surface area contributed by atoms with Crippen LogP contribution in [0, 0.1) is 5.41 Å². The fraction of sp³-hybridized carbons (Fsp3) is 0.538. The van der Waals surface area contributed by atoms with Crippen LogP contribution in [0.25, 0.3) is 0 Å². The van der Waals surface area contributed by atoms with Crippen molar-refractivity contribution < 1.29 is 19.1 Å². The van der Waals surface area contributed by atoms with E-state index in [0.717, 1.165) is 5.56 Å². The van der Waals surface area contributed by atoms with E-state index in [2.05, 4.69) is 10.6 Å². The maximum absolute atomic E-state index is 11.6. The normalized spacial score (nSPS) is 11.1. The fourth-order valence-corrected chi connectivity index (χ4v) is 1.77. The van der Waals surface area contributed by atoms with Gasteiger partial charge in [0.15, 0.2) is 0 Å². The highest BCUT2D eigenvalue weighted by Gasteiger charge is 2.35. The Bertz CT molecular complexity index is 410. The molecule has 0 aliphatic carbocycles. The van der Waals surface area contributed by atoms with Crippen molar-refractivity contribution in [2.75, 3.05) is 6.54 Å². The van der Waals surface area contributed by atoms with Gasteiger partial charge in [-0.05, 0) is 18.9 Å². The molecule has 6 heteroatoms. The molecule has 0 aliphatic rings. The Labute approximate surface area is 112 Å². The first-order valence-corrected chi connectivity index (χ1v) is 6.30. The standard InChI is InChI=1S/C13H20N2O4/c1-3-13(4-2,11(16)17)9-15-12(18)14-7-10-5-6-19-8-10/h5-6,8H,3-4,7,9H2,1-2H3,(H,16,17)(H2,14,15,18). The van der Waals surface area contributed by atoms with E-state index in [0.29, 0.717) is 19.4 Å². The third-order valence-electron chi connectivity index (χ3n) is 3.43. The van der Waals surface area contributed by atoms with Gasteiger partial charge in [-0.2, -0.15) is 0 Å². The predicted molar refractivity (Wildman–Crippen MR) is 69.6 cm³/mol. The molecule has 1 rings (SSSR count). The third-order valence-corrected chi connectivity index (χ3v) is 3.43. The van der Waals surface area contributed by atoms with Crippen molar-refractivity contribution in [3.8, 4) is 0 Å². The van der Waals surface area contributed by atoms with E-state index < -0.39 is 11.4 Å². The van der Waals surface area contributed by atoms with Crippen LogP contribution in [0.2, 0.25) is 0 Å². The van der Waals surface area contributed by atoms with Gasteiger partial charge in [-0.3, -0.25) is 4.79 Å². The monoisotopic (exact) mass is 268 g/mol. The van der Waals surface area contributed by atoms with Crippen molar-refractivity contribution in [1.82, 2.24) is 10.6 Å². The highest BCUT2D eigenvalue weighted by atomic mass is 16.4. The van der Waals surface area contributed by atoms with E-state index in [9.17, 15) is 14.7 Å². The molecule has 0 bridgehead atoms. The number of furan rings is 1. The number of nitrogens with one attached hydrogen (secondary N) is 2. The molecule has 0 unspecified atom stereocenters. The highest BCUT2D eigenvalue weighted by Crippen LogP contribution is 2.25. The van der Waals surface area contributed by atoms with Crippen LogP contribution in [0.3, 0.4) is 0 Å². The average molecular weight is 268 g/mol. The number of hydrogen-bond acceptors (Lipinski definition) is 3. The first-order chi connectivity index (χ1) is 9.04. The Morgan fingerprint density at radius 3 is 2.47 bits per heavy atom. The summed E-state index contributed by atoms with van der Waals surface area (Å²) in [6.45, 7) is 4.08. The first-order valence-electron chi connectivity index (χ1n) is 6.30. The van der Waals surface area contributed by atoms with Crippen LogP contribution >= 0.6 is 0 Å². The minimum absolute atomic E-state index is 0.118. The summed E-state index contributed by atoms with van der Waals surface area (Å²) in [5.74, 6) is -0.882. The van der Waals surface area contributed by atoms with E-state index in [1.807, 2.05) is 13.8 Å². The molecule has 1 aromatic heterocycles. The molecule has 0 radical (unpaired) electrons. The summed E-state index contributed by atoms with van der Waals surface area (Å²) in [4.78, 5) is 22.9. The van der Waals surface area contributed by atoms with Gasteiger partial charge >= 0.3 is 12.0 Å². The van der Waals surface area contributed by atoms with Gasteiger partial charge in [-0.25, -0.2) is 4.79 Å². The summed E-state index contributed by atoms with van der Waals surface area (Å²) >= 11 is 0. The Morgan fingerprint density at radius 2 is 2.00 bits per heavy atom. The number of rotatable bonds is 7. The largest absolute Gasteiger partial charge is 0.481 e.